The van der Waals surface area contributed by atoms with Crippen LogP contribution >= 0.6 is 0 Å². The van der Waals surface area contributed by atoms with Crippen molar-refractivity contribution in [1.29, 1.82) is 0 Å². The lowest BCUT2D eigenvalue weighted by Crippen LogP contribution is -2.51. The zero-order chi connectivity index (χ0) is 12.5. The van der Waals surface area contributed by atoms with Crippen molar-refractivity contribution in [3.63, 3.8) is 0 Å². The first kappa shape index (κ1) is 12.4. The Balaban J connectivity index is 1.98. The van der Waals surface area contributed by atoms with Gasteiger partial charge in [-0.25, -0.2) is 0 Å². The minimum atomic E-state index is -0.806. The molecule has 2 unspecified atom stereocenters. The highest BCUT2D eigenvalue weighted by Crippen LogP contribution is 2.38. The molecule has 1 saturated carbocycles. The molecule has 2 rings (SSSR count). The largest absolute Gasteiger partial charge is 0.481 e. The molecule has 96 valence electrons. The lowest BCUT2D eigenvalue weighted by atomic mass is 9.85. The molecule has 0 spiro atoms. The van der Waals surface area contributed by atoms with Crippen molar-refractivity contribution >= 4 is 11.9 Å². The number of aliphatic carboxylic acids is 1. The monoisotopic (exact) mass is 240 g/mol. The quantitative estimate of drug-likeness (QED) is 0.671. The van der Waals surface area contributed by atoms with E-state index < -0.39 is 11.4 Å². The number of amides is 1. The Labute approximate surface area is 101 Å². The second-order valence-corrected chi connectivity index (χ2v) is 5.32. The van der Waals surface area contributed by atoms with Crippen LogP contribution in [0.15, 0.2) is 0 Å². The number of carbonyl (C=O) groups excluding carboxylic acids is 1. The van der Waals surface area contributed by atoms with Gasteiger partial charge < -0.3 is 15.7 Å². The molecule has 2 fully saturated rings. The van der Waals surface area contributed by atoms with Gasteiger partial charge in [-0.15, -0.1) is 0 Å². The van der Waals surface area contributed by atoms with Crippen LogP contribution in [0, 0.1) is 5.41 Å². The fourth-order valence-corrected chi connectivity index (χ4v) is 2.83. The number of hydrogen-bond acceptors (Lipinski definition) is 3. The van der Waals surface area contributed by atoms with Crippen LogP contribution in [-0.2, 0) is 9.59 Å². The molecule has 1 aliphatic heterocycles. The van der Waals surface area contributed by atoms with Gasteiger partial charge in [-0.05, 0) is 39.2 Å². The number of carbonyl (C=O) groups is 2. The maximum Gasteiger partial charge on any atom is 0.311 e. The second-order valence-electron chi connectivity index (χ2n) is 5.32. The third kappa shape index (κ3) is 2.29. The zero-order valence-electron chi connectivity index (χ0n) is 10.2. The molecule has 2 aliphatic rings. The number of carboxylic acid groups (broad SMARTS) is 1. The third-order valence-corrected chi connectivity index (χ3v) is 4.14. The van der Waals surface area contributed by atoms with Crippen LogP contribution < -0.4 is 10.6 Å². The van der Waals surface area contributed by atoms with E-state index in [0.29, 0.717) is 6.42 Å². The van der Waals surface area contributed by atoms with Crippen LogP contribution in [0.1, 0.15) is 39.0 Å². The molecule has 0 aromatic rings. The lowest BCUT2D eigenvalue weighted by Gasteiger charge is -2.28. The molecule has 5 heteroatoms. The second kappa shape index (κ2) is 4.64. The van der Waals surface area contributed by atoms with Gasteiger partial charge in [-0.1, -0.05) is 6.42 Å². The van der Waals surface area contributed by atoms with Gasteiger partial charge >= 0.3 is 5.97 Å². The smallest absolute Gasteiger partial charge is 0.311 e. The SMILES string of the molecule is CC1(C(=O)O)CCCC1NC(=O)[C@H]1CCCN1. The Bertz CT molecular complexity index is 326. The summed E-state index contributed by atoms with van der Waals surface area (Å²) in [6, 6.07) is -0.358. The normalized spacial score (nSPS) is 37.0. The van der Waals surface area contributed by atoms with Crippen molar-refractivity contribution in [2.24, 2.45) is 5.41 Å². The first-order chi connectivity index (χ1) is 8.04. The standard InChI is InChI=1S/C12H20N2O3/c1-12(11(16)17)6-2-5-9(12)14-10(15)8-4-3-7-13-8/h8-9,13H,2-7H2,1H3,(H,14,15)(H,16,17)/t8-,9?,12?/m1/s1. The maximum atomic E-state index is 11.9. The molecule has 3 N–H and O–H groups in total. The molecule has 1 amide bonds. The highest BCUT2D eigenvalue weighted by Gasteiger charge is 2.46. The molecule has 17 heavy (non-hydrogen) atoms. The lowest BCUT2D eigenvalue weighted by molar-refractivity contribution is -0.149. The van der Waals surface area contributed by atoms with Gasteiger partial charge in [0, 0.05) is 6.04 Å². The van der Waals surface area contributed by atoms with Gasteiger partial charge in [0.15, 0.2) is 0 Å². The Morgan fingerprint density at radius 1 is 1.35 bits per heavy atom. The van der Waals surface area contributed by atoms with Crippen molar-refractivity contribution in [1.82, 2.24) is 10.6 Å². The van der Waals surface area contributed by atoms with Crippen LogP contribution in [0.5, 0.6) is 0 Å². The Morgan fingerprint density at radius 3 is 2.71 bits per heavy atom. The van der Waals surface area contributed by atoms with Crippen LogP contribution in [0.25, 0.3) is 0 Å². The number of rotatable bonds is 3. The van der Waals surface area contributed by atoms with Crippen molar-refractivity contribution in [3.05, 3.63) is 0 Å². The predicted molar refractivity (Wildman–Crippen MR) is 62.5 cm³/mol. The molecule has 0 bridgehead atoms. The third-order valence-electron chi connectivity index (χ3n) is 4.14. The summed E-state index contributed by atoms with van der Waals surface area (Å²) in [5.41, 5.74) is -0.797. The first-order valence-electron chi connectivity index (χ1n) is 6.31. The Hall–Kier alpha value is -1.10. The highest BCUT2D eigenvalue weighted by atomic mass is 16.4. The van der Waals surface area contributed by atoms with E-state index in [4.69, 9.17) is 0 Å². The summed E-state index contributed by atoms with van der Waals surface area (Å²) in [4.78, 5) is 23.2. The van der Waals surface area contributed by atoms with Crippen LogP contribution in [0.3, 0.4) is 0 Å². The summed E-state index contributed by atoms with van der Waals surface area (Å²) in [5.74, 6) is -0.846. The van der Waals surface area contributed by atoms with Gasteiger partial charge in [-0.3, -0.25) is 9.59 Å². The molecule has 1 heterocycles. The summed E-state index contributed by atoms with van der Waals surface area (Å²) < 4.78 is 0. The van der Waals surface area contributed by atoms with Crippen LogP contribution in [0.2, 0.25) is 0 Å². The van der Waals surface area contributed by atoms with Gasteiger partial charge in [0.05, 0.1) is 11.5 Å². The molecule has 1 aliphatic carbocycles. The number of hydrogen-bond donors (Lipinski definition) is 3. The summed E-state index contributed by atoms with van der Waals surface area (Å²) in [5, 5.41) is 15.3. The van der Waals surface area contributed by atoms with E-state index in [0.717, 1.165) is 32.2 Å². The molecular weight excluding hydrogens is 220 g/mol. The average molecular weight is 240 g/mol. The highest BCUT2D eigenvalue weighted by molar-refractivity contribution is 5.84. The van der Waals surface area contributed by atoms with Crippen molar-refractivity contribution in [2.45, 2.75) is 51.1 Å². The summed E-state index contributed by atoms with van der Waals surface area (Å²) >= 11 is 0. The van der Waals surface area contributed by atoms with E-state index in [1.54, 1.807) is 6.92 Å². The van der Waals surface area contributed by atoms with Crippen LogP contribution in [0.4, 0.5) is 0 Å². The number of carboxylic acids is 1. The zero-order valence-corrected chi connectivity index (χ0v) is 10.2. The van der Waals surface area contributed by atoms with Crippen LogP contribution in [-0.4, -0.2) is 35.6 Å². The van der Waals surface area contributed by atoms with Gasteiger partial charge in [-0.2, -0.15) is 0 Å². The molecular formula is C12H20N2O3. The van der Waals surface area contributed by atoms with E-state index in [2.05, 4.69) is 10.6 Å². The Kier molecular flexibility index (Phi) is 3.38. The first-order valence-corrected chi connectivity index (χ1v) is 6.31. The molecule has 1 saturated heterocycles. The summed E-state index contributed by atoms with van der Waals surface area (Å²) in [7, 11) is 0. The maximum absolute atomic E-state index is 11.9. The fourth-order valence-electron chi connectivity index (χ4n) is 2.83. The van der Waals surface area contributed by atoms with E-state index >= 15 is 0 Å². The molecule has 5 nitrogen and oxygen atoms in total. The van der Waals surface area contributed by atoms with E-state index in [9.17, 15) is 14.7 Å². The minimum Gasteiger partial charge on any atom is -0.481 e. The van der Waals surface area contributed by atoms with Crippen molar-refractivity contribution < 1.29 is 14.7 Å². The fraction of sp³-hybridized carbons (Fsp3) is 0.833. The summed E-state index contributed by atoms with van der Waals surface area (Å²) in [6.07, 6.45) is 4.14. The molecule has 0 aromatic heterocycles. The topological polar surface area (TPSA) is 78.4 Å². The molecule has 0 aromatic carbocycles. The van der Waals surface area contributed by atoms with E-state index in [-0.39, 0.29) is 18.0 Å². The number of nitrogens with one attached hydrogen (secondary N) is 2. The average Bonchev–Trinajstić information content (AvgIpc) is 2.89. The van der Waals surface area contributed by atoms with E-state index in [1.807, 2.05) is 0 Å². The van der Waals surface area contributed by atoms with Gasteiger partial charge in [0.1, 0.15) is 0 Å². The minimum absolute atomic E-state index is 0.0399. The van der Waals surface area contributed by atoms with Gasteiger partial charge in [0.2, 0.25) is 5.91 Å². The summed E-state index contributed by atoms with van der Waals surface area (Å²) in [6.45, 7) is 2.61. The Morgan fingerprint density at radius 2 is 2.12 bits per heavy atom. The van der Waals surface area contributed by atoms with Crippen molar-refractivity contribution in [3.8, 4) is 0 Å². The van der Waals surface area contributed by atoms with Gasteiger partial charge in [0.25, 0.3) is 0 Å². The van der Waals surface area contributed by atoms with E-state index in [1.165, 1.54) is 0 Å². The predicted octanol–water partition coefficient (Wildman–Crippen LogP) is 0.498. The molecule has 0 radical (unpaired) electrons. The van der Waals surface area contributed by atoms with Crippen molar-refractivity contribution in [2.75, 3.05) is 6.54 Å². The molecule has 3 atom stereocenters.